The number of carbonyl (C=O) groups is 3. The zero-order valence-electron chi connectivity index (χ0n) is 9.66. The van der Waals surface area contributed by atoms with Gasteiger partial charge in [0.2, 0.25) is 11.8 Å². The van der Waals surface area contributed by atoms with Crippen molar-refractivity contribution in [2.24, 2.45) is 5.73 Å². The lowest BCUT2D eigenvalue weighted by molar-refractivity contribution is -0.124. The van der Waals surface area contributed by atoms with E-state index in [0.29, 0.717) is 6.54 Å². The fourth-order valence-electron chi connectivity index (χ4n) is 1.08. The Labute approximate surface area is 94.1 Å². The van der Waals surface area contributed by atoms with E-state index in [4.69, 9.17) is 5.73 Å². The van der Waals surface area contributed by atoms with Crippen LogP contribution in [0.15, 0.2) is 0 Å². The zero-order chi connectivity index (χ0) is 12.7. The summed E-state index contributed by atoms with van der Waals surface area (Å²) in [5, 5.41) is 7.27. The minimum Gasteiger partial charge on any atom is -0.355 e. The number of hydrogen-bond donors (Lipinski definition) is 4. The molecule has 0 aliphatic carbocycles. The van der Waals surface area contributed by atoms with Gasteiger partial charge in [-0.1, -0.05) is 0 Å². The Morgan fingerprint density at radius 1 is 1.12 bits per heavy atom. The molecule has 0 aliphatic heterocycles. The Balaban J connectivity index is 4.12. The molecule has 5 N–H and O–H groups in total. The van der Waals surface area contributed by atoms with E-state index < -0.39 is 24.0 Å². The van der Waals surface area contributed by atoms with Crippen molar-refractivity contribution in [1.29, 1.82) is 0 Å². The standard InChI is InChI=1S/C9H18N4O3/c1-4-11-7(14)5(2)12-6(3)8(15)13-9(10)16/h5-6,12H,4H2,1-3H3,(H,11,14)(H3,10,13,15,16). The summed E-state index contributed by atoms with van der Waals surface area (Å²) in [4.78, 5) is 33.0. The molecule has 0 aromatic carbocycles. The van der Waals surface area contributed by atoms with E-state index in [9.17, 15) is 14.4 Å². The first-order chi connectivity index (χ1) is 7.38. The first kappa shape index (κ1) is 14.4. The molecule has 16 heavy (non-hydrogen) atoms. The molecule has 0 aromatic heterocycles. The molecule has 0 radical (unpaired) electrons. The van der Waals surface area contributed by atoms with Crippen LogP contribution in [0.25, 0.3) is 0 Å². The maximum atomic E-state index is 11.3. The number of likely N-dealkylation sites (N-methyl/N-ethyl adjacent to an activating group) is 1. The van der Waals surface area contributed by atoms with Crippen LogP contribution in [0.2, 0.25) is 0 Å². The van der Waals surface area contributed by atoms with Crippen LogP contribution in [-0.2, 0) is 9.59 Å². The highest BCUT2D eigenvalue weighted by Crippen LogP contribution is 1.88. The fourth-order valence-corrected chi connectivity index (χ4v) is 1.08. The van der Waals surface area contributed by atoms with Crippen LogP contribution < -0.4 is 21.7 Å². The van der Waals surface area contributed by atoms with Gasteiger partial charge in [-0.05, 0) is 20.8 Å². The van der Waals surface area contributed by atoms with E-state index in [1.807, 2.05) is 5.32 Å². The van der Waals surface area contributed by atoms with Crippen LogP contribution in [0.5, 0.6) is 0 Å². The highest BCUT2D eigenvalue weighted by atomic mass is 16.2. The molecule has 7 nitrogen and oxygen atoms in total. The van der Waals surface area contributed by atoms with Crippen LogP contribution in [-0.4, -0.2) is 36.5 Å². The second kappa shape index (κ2) is 6.78. The normalized spacial score (nSPS) is 13.7. The quantitative estimate of drug-likeness (QED) is 0.469. The molecule has 0 aromatic rings. The maximum absolute atomic E-state index is 11.3. The average Bonchev–Trinajstić information content (AvgIpc) is 2.16. The average molecular weight is 230 g/mol. The number of carbonyl (C=O) groups excluding carboxylic acids is 3. The summed E-state index contributed by atoms with van der Waals surface area (Å²) in [6.07, 6.45) is 0. The van der Waals surface area contributed by atoms with Crippen molar-refractivity contribution in [3.8, 4) is 0 Å². The molecule has 0 heterocycles. The van der Waals surface area contributed by atoms with Crippen LogP contribution in [0.3, 0.4) is 0 Å². The molecule has 0 saturated carbocycles. The van der Waals surface area contributed by atoms with E-state index >= 15 is 0 Å². The third-order valence-corrected chi connectivity index (χ3v) is 1.88. The van der Waals surface area contributed by atoms with Gasteiger partial charge in [0.1, 0.15) is 0 Å². The highest BCUT2D eigenvalue weighted by molar-refractivity contribution is 5.96. The Kier molecular flexibility index (Phi) is 6.09. The summed E-state index contributed by atoms with van der Waals surface area (Å²) in [6, 6.07) is -2.11. The third kappa shape index (κ3) is 5.30. The van der Waals surface area contributed by atoms with Gasteiger partial charge in [-0.2, -0.15) is 0 Å². The first-order valence-corrected chi connectivity index (χ1v) is 5.02. The van der Waals surface area contributed by atoms with Crippen LogP contribution >= 0.6 is 0 Å². The van der Waals surface area contributed by atoms with Crippen molar-refractivity contribution >= 4 is 17.8 Å². The molecular weight excluding hydrogens is 212 g/mol. The monoisotopic (exact) mass is 230 g/mol. The second-order valence-corrected chi connectivity index (χ2v) is 3.36. The molecule has 7 heteroatoms. The van der Waals surface area contributed by atoms with E-state index in [0.717, 1.165) is 0 Å². The number of nitrogens with one attached hydrogen (secondary N) is 3. The number of rotatable bonds is 5. The number of amides is 4. The molecule has 4 amide bonds. The van der Waals surface area contributed by atoms with Crippen molar-refractivity contribution in [2.45, 2.75) is 32.9 Å². The SMILES string of the molecule is CCNC(=O)C(C)NC(C)C(=O)NC(N)=O. The number of primary amides is 1. The molecule has 0 aliphatic rings. The summed E-state index contributed by atoms with van der Waals surface area (Å²) in [6.45, 7) is 5.48. The minimum atomic E-state index is -0.913. The molecule has 0 saturated heterocycles. The van der Waals surface area contributed by atoms with E-state index in [2.05, 4.69) is 10.6 Å². The second-order valence-electron chi connectivity index (χ2n) is 3.36. The largest absolute Gasteiger partial charge is 0.355 e. The predicted molar refractivity (Wildman–Crippen MR) is 58.5 cm³/mol. The molecule has 0 rings (SSSR count). The van der Waals surface area contributed by atoms with Gasteiger partial charge < -0.3 is 11.1 Å². The first-order valence-electron chi connectivity index (χ1n) is 5.02. The minimum absolute atomic E-state index is 0.207. The van der Waals surface area contributed by atoms with Crippen molar-refractivity contribution < 1.29 is 14.4 Å². The summed E-state index contributed by atoms with van der Waals surface area (Å²) in [5.74, 6) is -0.773. The number of imide groups is 1. The smallest absolute Gasteiger partial charge is 0.318 e. The maximum Gasteiger partial charge on any atom is 0.318 e. The van der Waals surface area contributed by atoms with E-state index in [1.165, 1.54) is 6.92 Å². The molecule has 92 valence electrons. The number of urea groups is 1. The van der Waals surface area contributed by atoms with Gasteiger partial charge in [-0.3, -0.25) is 20.2 Å². The van der Waals surface area contributed by atoms with Crippen molar-refractivity contribution in [3.63, 3.8) is 0 Å². The number of hydrogen-bond acceptors (Lipinski definition) is 4. The topological polar surface area (TPSA) is 113 Å². The van der Waals surface area contributed by atoms with Crippen molar-refractivity contribution in [3.05, 3.63) is 0 Å². The molecule has 0 spiro atoms. The third-order valence-electron chi connectivity index (χ3n) is 1.88. The summed E-state index contributed by atoms with van der Waals surface area (Å²) >= 11 is 0. The summed E-state index contributed by atoms with van der Waals surface area (Å²) in [7, 11) is 0. The molecule has 2 unspecified atom stereocenters. The van der Waals surface area contributed by atoms with Crippen LogP contribution in [0.1, 0.15) is 20.8 Å². The van der Waals surface area contributed by atoms with E-state index in [1.54, 1.807) is 13.8 Å². The van der Waals surface area contributed by atoms with Gasteiger partial charge >= 0.3 is 6.03 Å². The molecule has 0 fully saturated rings. The summed E-state index contributed by atoms with van der Waals surface area (Å²) in [5.41, 5.74) is 4.79. The molecule has 2 atom stereocenters. The zero-order valence-corrected chi connectivity index (χ0v) is 9.66. The van der Waals surface area contributed by atoms with Gasteiger partial charge in [-0.15, -0.1) is 0 Å². The Morgan fingerprint density at radius 3 is 2.06 bits per heavy atom. The molecule has 0 bridgehead atoms. The lowest BCUT2D eigenvalue weighted by atomic mass is 10.2. The van der Waals surface area contributed by atoms with Gasteiger partial charge in [0.15, 0.2) is 0 Å². The van der Waals surface area contributed by atoms with Gasteiger partial charge in [-0.25, -0.2) is 4.79 Å². The Morgan fingerprint density at radius 2 is 1.62 bits per heavy atom. The Bertz CT molecular complexity index is 280. The lowest BCUT2D eigenvalue weighted by Crippen LogP contribution is -2.52. The Hall–Kier alpha value is -1.63. The van der Waals surface area contributed by atoms with Gasteiger partial charge in [0.25, 0.3) is 0 Å². The van der Waals surface area contributed by atoms with Crippen LogP contribution in [0, 0.1) is 0 Å². The van der Waals surface area contributed by atoms with Gasteiger partial charge in [0, 0.05) is 6.54 Å². The van der Waals surface area contributed by atoms with E-state index in [-0.39, 0.29) is 5.91 Å². The lowest BCUT2D eigenvalue weighted by Gasteiger charge is -2.18. The predicted octanol–water partition coefficient (Wildman–Crippen LogP) is -1.32. The number of nitrogens with two attached hydrogens (primary N) is 1. The summed E-state index contributed by atoms with van der Waals surface area (Å²) < 4.78 is 0. The fraction of sp³-hybridized carbons (Fsp3) is 0.667. The highest BCUT2D eigenvalue weighted by Gasteiger charge is 2.19. The van der Waals surface area contributed by atoms with Gasteiger partial charge in [0.05, 0.1) is 12.1 Å². The van der Waals surface area contributed by atoms with Crippen molar-refractivity contribution in [2.75, 3.05) is 6.54 Å². The van der Waals surface area contributed by atoms with Crippen molar-refractivity contribution in [1.82, 2.24) is 16.0 Å². The van der Waals surface area contributed by atoms with Crippen LogP contribution in [0.4, 0.5) is 4.79 Å². The molecular formula is C9H18N4O3.